The van der Waals surface area contributed by atoms with Crippen LogP contribution in [0, 0.1) is 0 Å². The van der Waals surface area contributed by atoms with E-state index in [2.05, 4.69) is 20.4 Å². The van der Waals surface area contributed by atoms with Gasteiger partial charge < -0.3 is 25.2 Å². The second-order valence-corrected chi connectivity index (χ2v) is 8.92. The largest absolute Gasteiger partial charge is 0.508 e. The lowest BCUT2D eigenvalue weighted by molar-refractivity contribution is 0.122. The molecule has 3 N–H and O–H groups in total. The molecule has 0 amide bonds. The fourth-order valence-electron chi connectivity index (χ4n) is 4.76. The fourth-order valence-corrected chi connectivity index (χ4v) is 4.76. The van der Waals surface area contributed by atoms with Gasteiger partial charge in [-0.15, -0.1) is 10.2 Å². The molecule has 2 aliphatic heterocycles. The second-order valence-electron chi connectivity index (χ2n) is 8.92. The van der Waals surface area contributed by atoms with E-state index in [1.165, 1.54) is 6.07 Å². The van der Waals surface area contributed by atoms with Crippen LogP contribution in [0.4, 0.5) is 5.82 Å². The Balaban J connectivity index is 1.63. The number of benzene rings is 1. The molecule has 0 bridgehead atoms. The molecular formula is C24H30N6O3. The molecule has 2 fully saturated rings. The highest BCUT2D eigenvalue weighted by Gasteiger charge is 2.28. The monoisotopic (exact) mass is 450 g/mol. The summed E-state index contributed by atoms with van der Waals surface area (Å²) in [6.07, 6.45) is 3.89. The van der Waals surface area contributed by atoms with Gasteiger partial charge in [-0.1, -0.05) is 13.8 Å². The van der Waals surface area contributed by atoms with E-state index in [-0.39, 0.29) is 23.5 Å². The molecule has 9 nitrogen and oxygen atoms in total. The second kappa shape index (κ2) is 8.99. The third kappa shape index (κ3) is 4.14. The number of phenolic OH excluding ortho intramolecular Hbond substituents is 2. The van der Waals surface area contributed by atoms with Crippen LogP contribution in [0.5, 0.6) is 11.5 Å². The Kier molecular flexibility index (Phi) is 5.90. The molecular weight excluding hydrogens is 420 g/mol. The fraction of sp³-hybridized carbons (Fsp3) is 0.458. The Morgan fingerprint density at radius 3 is 2.61 bits per heavy atom. The van der Waals surface area contributed by atoms with E-state index in [1.807, 2.05) is 36.7 Å². The Labute approximate surface area is 193 Å². The topological polar surface area (TPSA) is 109 Å². The van der Waals surface area contributed by atoms with E-state index >= 15 is 0 Å². The minimum Gasteiger partial charge on any atom is -0.508 e. The van der Waals surface area contributed by atoms with Crippen molar-refractivity contribution >= 4 is 5.82 Å². The summed E-state index contributed by atoms with van der Waals surface area (Å²) in [6, 6.07) is 7.15. The van der Waals surface area contributed by atoms with Crippen molar-refractivity contribution in [3.8, 4) is 28.6 Å². The molecule has 9 heteroatoms. The lowest BCUT2D eigenvalue weighted by atomic mass is 9.95. The van der Waals surface area contributed by atoms with Gasteiger partial charge >= 0.3 is 0 Å². The van der Waals surface area contributed by atoms with Crippen molar-refractivity contribution in [2.45, 2.75) is 38.6 Å². The van der Waals surface area contributed by atoms with E-state index in [1.54, 1.807) is 6.07 Å². The number of ether oxygens (including phenoxy) is 1. The van der Waals surface area contributed by atoms with Gasteiger partial charge in [-0.05, 0) is 43.5 Å². The molecule has 2 aliphatic rings. The number of nitrogens with zero attached hydrogens (tertiary/aromatic N) is 5. The molecule has 0 saturated carbocycles. The summed E-state index contributed by atoms with van der Waals surface area (Å²) < 4.78 is 7.45. The van der Waals surface area contributed by atoms with Crippen molar-refractivity contribution in [2.75, 3.05) is 37.7 Å². The minimum absolute atomic E-state index is 0.0113. The Morgan fingerprint density at radius 1 is 1.12 bits per heavy atom. The maximum atomic E-state index is 10.6. The Hall–Kier alpha value is -3.17. The molecule has 2 saturated heterocycles. The molecule has 0 radical (unpaired) electrons. The number of aromatic nitrogens is 4. The highest BCUT2D eigenvalue weighted by molar-refractivity contribution is 5.69. The molecule has 33 heavy (non-hydrogen) atoms. The lowest BCUT2D eigenvalue weighted by Crippen LogP contribution is -2.36. The maximum Gasteiger partial charge on any atom is 0.169 e. The normalized spacial score (nSPS) is 18.9. The molecule has 3 aromatic rings. The van der Waals surface area contributed by atoms with Crippen LogP contribution in [0.15, 0.2) is 30.5 Å². The first kappa shape index (κ1) is 21.7. The van der Waals surface area contributed by atoms with E-state index in [0.717, 1.165) is 55.4 Å². The van der Waals surface area contributed by atoms with Gasteiger partial charge in [0.25, 0.3) is 0 Å². The van der Waals surface area contributed by atoms with E-state index in [4.69, 9.17) is 9.72 Å². The van der Waals surface area contributed by atoms with Crippen molar-refractivity contribution < 1.29 is 14.9 Å². The molecule has 5 rings (SSSR count). The number of aromatic hydroxyl groups is 2. The van der Waals surface area contributed by atoms with Gasteiger partial charge in [0.05, 0.1) is 31.1 Å². The van der Waals surface area contributed by atoms with Crippen molar-refractivity contribution in [3.63, 3.8) is 0 Å². The molecule has 2 aromatic heterocycles. The van der Waals surface area contributed by atoms with Crippen LogP contribution >= 0.6 is 0 Å². The third-order valence-corrected chi connectivity index (χ3v) is 6.35. The molecule has 4 heterocycles. The van der Waals surface area contributed by atoms with Crippen molar-refractivity contribution in [1.82, 2.24) is 25.1 Å². The molecule has 0 spiro atoms. The predicted octanol–water partition coefficient (Wildman–Crippen LogP) is 3.13. The van der Waals surface area contributed by atoms with Crippen LogP contribution in [-0.4, -0.2) is 62.8 Å². The van der Waals surface area contributed by atoms with E-state index in [0.29, 0.717) is 24.6 Å². The third-order valence-electron chi connectivity index (χ3n) is 6.35. The summed E-state index contributed by atoms with van der Waals surface area (Å²) in [5.74, 6) is 2.37. The summed E-state index contributed by atoms with van der Waals surface area (Å²) in [6.45, 7) is 8.00. The van der Waals surface area contributed by atoms with Gasteiger partial charge in [0.15, 0.2) is 11.6 Å². The molecule has 1 atom stereocenters. The smallest absolute Gasteiger partial charge is 0.169 e. The van der Waals surface area contributed by atoms with Gasteiger partial charge in [-0.2, -0.15) is 0 Å². The van der Waals surface area contributed by atoms with Crippen LogP contribution < -0.4 is 10.2 Å². The number of hydrogen-bond donors (Lipinski definition) is 3. The predicted molar refractivity (Wildman–Crippen MR) is 125 cm³/mol. The summed E-state index contributed by atoms with van der Waals surface area (Å²) in [4.78, 5) is 6.94. The van der Waals surface area contributed by atoms with Gasteiger partial charge in [-0.3, -0.25) is 4.57 Å². The van der Waals surface area contributed by atoms with Gasteiger partial charge in [-0.25, -0.2) is 4.98 Å². The zero-order chi connectivity index (χ0) is 22.9. The van der Waals surface area contributed by atoms with E-state index < -0.39 is 0 Å². The number of morpholine rings is 1. The number of anilines is 1. The zero-order valence-corrected chi connectivity index (χ0v) is 19.0. The number of nitrogens with one attached hydrogen (secondary N) is 1. The first-order chi connectivity index (χ1) is 16.0. The number of hydrogen-bond acceptors (Lipinski definition) is 8. The Morgan fingerprint density at radius 2 is 1.94 bits per heavy atom. The number of rotatable bonds is 5. The lowest BCUT2D eigenvalue weighted by Gasteiger charge is -2.28. The van der Waals surface area contributed by atoms with Crippen LogP contribution in [0.25, 0.3) is 17.1 Å². The number of phenols is 2. The van der Waals surface area contributed by atoms with Gasteiger partial charge in [0.1, 0.15) is 17.3 Å². The average molecular weight is 451 g/mol. The van der Waals surface area contributed by atoms with Crippen LogP contribution in [-0.2, 0) is 4.74 Å². The summed E-state index contributed by atoms with van der Waals surface area (Å²) in [5, 5.41) is 33.5. The number of pyridine rings is 1. The summed E-state index contributed by atoms with van der Waals surface area (Å²) >= 11 is 0. The molecule has 1 aromatic carbocycles. The van der Waals surface area contributed by atoms with Crippen LogP contribution in [0.1, 0.15) is 50.0 Å². The minimum atomic E-state index is -0.0113. The SMILES string of the molecule is CC(C)c1c(O)cc(O)cc1-c1nnc([C@H]2CCCN2)n1-c1ccc(N2CCOCC2)nc1. The van der Waals surface area contributed by atoms with Gasteiger partial charge in [0, 0.05) is 30.3 Å². The standard InChI is InChI=1S/C24H30N6O3/c1-15(2)22-18(12-17(31)13-20(22)32)23-27-28-24(19-4-3-7-25-19)30(23)16-5-6-21(26-14-16)29-8-10-33-11-9-29/h5-6,12-15,19,25,31-32H,3-4,7-11H2,1-2H3/t19-/m1/s1. The van der Waals surface area contributed by atoms with E-state index in [9.17, 15) is 10.2 Å². The quantitative estimate of drug-likeness (QED) is 0.544. The molecule has 0 aliphatic carbocycles. The van der Waals surface area contributed by atoms with Crippen molar-refractivity contribution in [3.05, 3.63) is 41.9 Å². The maximum absolute atomic E-state index is 10.6. The molecule has 174 valence electrons. The summed E-state index contributed by atoms with van der Waals surface area (Å²) in [7, 11) is 0. The highest BCUT2D eigenvalue weighted by atomic mass is 16.5. The Bertz CT molecular complexity index is 1120. The first-order valence-electron chi connectivity index (χ1n) is 11.6. The van der Waals surface area contributed by atoms with Crippen molar-refractivity contribution in [1.29, 1.82) is 0 Å². The average Bonchev–Trinajstić information content (AvgIpc) is 3.49. The molecule has 0 unspecified atom stereocenters. The van der Waals surface area contributed by atoms with Crippen LogP contribution in [0.3, 0.4) is 0 Å². The first-order valence-corrected chi connectivity index (χ1v) is 11.6. The van der Waals surface area contributed by atoms with Crippen molar-refractivity contribution in [2.24, 2.45) is 0 Å². The van der Waals surface area contributed by atoms with Gasteiger partial charge in [0.2, 0.25) is 0 Å². The highest BCUT2D eigenvalue weighted by Crippen LogP contribution is 2.40. The summed E-state index contributed by atoms with van der Waals surface area (Å²) in [5.41, 5.74) is 2.23. The van der Waals surface area contributed by atoms with Crippen LogP contribution in [0.2, 0.25) is 0 Å². The zero-order valence-electron chi connectivity index (χ0n) is 19.0.